The fourth-order valence-corrected chi connectivity index (χ4v) is 1.74. The SMILES string of the molecule is CCCN1C(=O)NC(=O)C(N(C)C)C1N. The average Bonchev–Trinajstić information content (AvgIpc) is 2.11. The Morgan fingerprint density at radius 3 is 2.53 bits per heavy atom. The van der Waals surface area contributed by atoms with Gasteiger partial charge in [0.25, 0.3) is 0 Å². The third kappa shape index (κ3) is 2.27. The Bertz CT molecular complexity index is 267. The molecule has 0 spiro atoms. The van der Waals surface area contributed by atoms with Gasteiger partial charge in [0.05, 0.1) is 0 Å². The number of nitrogens with zero attached hydrogens (tertiary/aromatic N) is 2. The lowest BCUT2D eigenvalue weighted by atomic mass is 10.1. The Morgan fingerprint density at radius 1 is 1.47 bits per heavy atom. The molecule has 0 aliphatic carbocycles. The largest absolute Gasteiger partial charge is 0.325 e. The Labute approximate surface area is 89.4 Å². The zero-order valence-electron chi connectivity index (χ0n) is 9.36. The Balaban J connectivity index is 2.84. The molecule has 0 aromatic rings. The van der Waals surface area contributed by atoms with E-state index in [1.54, 1.807) is 19.0 Å². The van der Waals surface area contributed by atoms with Gasteiger partial charge in [-0.1, -0.05) is 6.92 Å². The summed E-state index contributed by atoms with van der Waals surface area (Å²) in [5.41, 5.74) is 5.89. The Morgan fingerprint density at radius 2 is 2.07 bits per heavy atom. The molecule has 1 saturated heterocycles. The van der Waals surface area contributed by atoms with Crippen LogP contribution in [-0.2, 0) is 4.79 Å². The molecule has 1 rings (SSSR count). The molecular formula is C9H18N4O2. The highest BCUT2D eigenvalue weighted by atomic mass is 16.2. The molecule has 2 atom stereocenters. The van der Waals surface area contributed by atoms with Crippen molar-refractivity contribution in [2.75, 3.05) is 20.6 Å². The van der Waals surface area contributed by atoms with Gasteiger partial charge in [0.15, 0.2) is 0 Å². The van der Waals surface area contributed by atoms with Crippen molar-refractivity contribution in [3.8, 4) is 0 Å². The van der Waals surface area contributed by atoms with Gasteiger partial charge in [-0.2, -0.15) is 0 Å². The van der Waals surface area contributed by atoms with Crippen molar-refractivity contribution >= 4 is 11.9 Å². The maximum absolute atomic E-state index is 11.5. The lowest BCUT2D eigenvalue weighted by Crippen LogP contribution is -2.69. The predicted molar refractivity (Wildman–Crippen MR) is 56.0 cm³/mol. The third-order valence-corrected chi connectivity index (χ3v) is 2.46. The lowest BCUT2D eigenvalue weighted by molar-refractivity contribution is -0.128. The Hall–Kier alpha value is -1.14. The summed E-state index contributed by atoms with van der Waals surface area (Å²) in [6.07, 6.45) is 0.247. The second-order valence-electron chi connectivity index (χ2n) is 3.89. The molecule has 0 radical (unpaired) electrons. The van der Waals surface area contributed by atoms with Crippen LogP contribution < -0.4 is 11.1 Å². The standard InChI is InChI=1S/C9H18N4O2/c1-4-5-13-7(10)6(12(2)3)8(14)11-9(13)15/h6-7H,4-5,10H2,1-3H3,(H,11,14,15). The molecule has 1 fully saturated rings. The lowest BCUT2D eigenvalue weighted by Gasteiger charge is -2.40. The van der Waals surface area contributed by atoms with Crippen molar-refractivity contribution in [2.24, 2.45) is 5.73 Å². The number of carbonyl (C=O) groups excluding carboxylic acids is 2. The van der Waals surface area contributed by atoms with Crippen LogP contribution in [0.25, 0.3) is 0 Å². The van der Waals surface area contributed by atoms with E-state index in [1.807, 2.05) is 6.92 Å². The second kappa shape index (κ2) is 4.59. The van der Waals surface area contributed by atoms with Gasteiger partial charge in [0, 0.05) is 6.54 Å². The van der Waals surface area contributed by atoms with Crippen LogP contribution >= 0.6 is 0 Å². The van der Waals surface area contributed by atoms with E-state index in [0.29, 0.717) is 6.54 Å². The topological polar surface area (TPSA) is 78.7 Å². The van der Waals surface area contributed by atoms with Crippen LogP contribution in [0.1, 0.15) is 13.3 Å². The molecule has 1 heterocycles. The Kier molecular flexibility index (Phi) is 3.65. The minimum atomic E-state index is -0.568. The quantitative estimate of drug-likeness (QED) is 0.642. The molecular weight excluding hydrogens is 196 g/mol. The van der Waals surface area contributed by atoms with Crippen LogP contribution in [0.2, 0.25) is 0 Å². The number of rotatable bonds is 3. The summed E-state index contributed by atoms with van der Waals surface area (Å²) in [6, 6.07) is -0.873. The zero-order chi connectivity index (χ0) is 11.6. The molecule has 6 heteroatoms. The number of likely N-dealkylation sites (N-methyl/N-ethyl adjacent to an activating group) is 1. The minimum Gasteiger partial charge on any atom is -0.309 e. The first-order valence-corrected chi connectivity index (χ1v) is 5.02. The maximum Gasteiger partial charge on any atom is 0.325 e. The van der Waals surface area contributed by atoms with Crippen molar-refractivity contribution in [3.63, 3.8) is 0 Å². The number of amides is 3. The third-order valence-electron chi connectivity index (χ3n) is 2.46. The summed E-state index contributed by atoms with van der Waals surface area (Å²) in [5, 5.41) is 2.30. The van der Waals surface area contributed by atoms with Gasteiger partial charge < -0.3 is 10.6 Å². The molecule has 0 saturated carbocycles. The van der Waals surface area contributed by atoms with Gasteiger partial charge >= 0.3 is 6.03 Å². The first-order chi connectivity index (χ1) is 6.99. The molecule has 1 aliphatic heterocycles. The number of nitrogens with two attached hydrogens (primary N) is 1. The molecule has 0 aromatic carbocycles. The van der Waals surface area contributed by atoms with Crippen LogP contribution in [0, 0.1) is 0 Å². The summed E-state index contributed by atoms with van der Waals surface area (Å²) in [6.45, 7) is 2.52. The predicted octanol–water partition coefficient (Wildman–Crippen LogP) is -0.837. The van der Waals surface area contributed by atoms with Gasteiger partial charge in [0.2, 0.25) is 5.91 Å². The summed E-state index contributed by atoms with van der Waals surface area (Å²) < 4.78 is 0. The van der Waals surface area contributed by atoms with E-state index in [-0.39, 0.29) is 5.91 Å². The van der Waals surface area contributed by atoms with Crippen molar-refractivity contribution in [1.82, 2.24) is 15.1 Å². The summed E-state index contributed by atoms with van der Waals surface area (Å²) in [7, 11) is 3.54. The monoisotopic (exact) mass is 214 g/mol. The van der Waals surface area contributed by atoms with Crippen molar-refractivity contribution in [3.05, 3.63) is 0 Å². The fourth-order valence-electron chi connectivity index (χ4n) is 1.74. The van der Waals surface area contributed by atoms with Gasteiger partial charge in [-0.15, -0.1) is 0 Å². The number of hydrogen-bond acceptors (Lipinski definition) is 4. The van der Waals surface area contributed by atoms with Crippen molar-refractivity contribution < 1.29 is 9.59 Å². The van der Waals surface area contributed by atoms with E-state index in [9.17, 15) is 9.59 Å². The number of urea groups is 1. The normalized spacial score (nSPS) is 27.1. The molecule has 86 valence electrons. The molecule has 6 nitrogen and oxygen atoms in total. The van der Waals surface area contributed by atoms with Crippen molar-refractivity contribution in [2.45, 2.75) is 25.6 Å². The number of carbonyl (C=O) groups is 2. The molecule has 3 amide bonds. The van der Waals surface area contributed by atoms with E-state index in [2.05, 4.69) is 5.32 Å². The molecule has 0 aromatic heterocycles. The van der Waals surface area contributed by atoms with Crippen LogP contribution in [0.4, 0.5) is 4.79 Å². The van der Waals surface area contributed by atoms with Gasteiger partial charge in [-0.3, -0.25) is 15.0 Å². The van der Waals surface area contributed by atoms with Crippen LogP contribution in [0.15, 0.2) is 0 Å². The zero-order valence-corrected chi connectivity index (χ0v) is 9.36. The number of nitrogens with one attached hydrogen (secondary N) is 1. The smallest absolute Gasteiger partial charge is 0.309 e. The highest BCUT2D eigenvalue weighted by molar-refractivity contribution is 6.00. The summed E-state index contributed by atoms with van der Waals surface area (Å²) in [5.74, 6) is -0.329. The summed E-state index contributed by atoms with van der Waals surface area (Å²) in [4.78, 5) is 26.2. The van der Waals surface area contributed by atoms with Gasteiger partial charge in [-0.25, -0.2) is 4.79 Å². The average molecular weight is 214 g/mol. The van der Waals surface area contributed by atoms with E-state index in [0.717, 1.165) is 6.42 Å². The highest BCUT2D eigenvalue weighted by Crippen LogP contribution is 2.11. The number of imide groups is 1. The minimum absolute atomic E-state index is 0.329. The van der Waals surface area contributed by atoms with Gasteiger partial charge in [-0.05, 0) is 20.5 Å². The van der Waals surface area contributed by atoms with Gasteiger partial charge in [0.1, 0.15) is 12.2 Å². The van der Waals surface area contributed by atoms with E-state index >= 15 is 0 Å². The van der Waals surface area contributed by atoms with E-state index < -0.39 is 18.2 Å². The summed E-state index contributed by atoms with van der Waals surface area (Å²) >= 11 is 0. The fraction of sp³-hybridized carbons (Fsp3) is 0.778. The first kappa shape index (κ1) is 11.9. The maximum atomic E-state index is 11.5. The first-order valence-electron chi connectivity index (χ1n) is 5.02. The molecule has 15 heavy (non-hydrogen) atoms. The molecule has 0 bridgehead atoms. The second-order valence-corrected chi connectivity index (χ2v) is 3.89. The van der Waals surface area contributed by atoms with E-state index in [1.165, 1.54) is 4.90 Å². The van der Waals surface area contributed by atoms with Crippen LogP contribution in [0.5, 0.6) is 0 Å². The van der Waals surface area contributed by atoms with Crippen LogP contribution in [-0.4, -0.2) is 54.6 Å². The number of hydrogen-bond donors (Lipinski definition) is 2. The highest BCUT2D eigenvalue weighted by Gasteiger charge is 2.39. The van der Waals surface area contributed by atoms with Crippen molar-refractivity contribution in [1.29, 1.82) is 0 Å². The molecule has 3 N–H and O–H groups in total. The van der Waals surface area contributed by atoms with Crippen LogP contribution in [0.3, 0.4) is 0 Å². The molecule has 2 unspecified atom stereocenters. The molecule has 1 aliphatic rings. The van der Waals surface area contributed by atoms with E-state index in [4.69, 9.17) is 5.73 Å².